The van der Waals surface area contributed by atoms with E-state index < -0.39 is 35.5 Å². The van der Waals surface area contributed by atoms with Crippen LogP contribution < -0.4 is 4.74 Å². The number of methoxy groups -OCH3 is 1. The fourth-order valence-electron chi connectivity index (χ4n) is 3.90. The molecule has 2 aromatic heterocycles. The first-order valence-electron chi connectivity index (χ1n) is 11.0. The molecule has 14 heteroatoms. The van der Waals surface area contributed by atoms with Crippen LogP contribution in [0.4, 0.5) is 8.78 Å². The highest BCUT2D eigenvalue weighted by Gasteiger charge is 2.34. The molecule has 0 unspecified atom stereocenters. The minimum atomic E-state index is -4.14. The van der Waals surface area contributed by atoms with Crippen LogP contribution in [0.2, 0.25) is 0 Å². The van der Waals surface area contributed by atoms with Gasteiger partial charge in [0.25, 0.3) is 16.4 Å². The van der Waals surface area contributed by atoms with Gasteiger partial charge in [0, 0.05) is 37.2 Å². The fraction of sp³-hybridized carbons (Fsp3) is 0.409. The third-order valence-electron chi connectivity index (χ3n) is 5.67. The number of hydrogen-bond donors (Lipinski definition) is 1. The summed E-state index contributed by atoms with van der Waals surface area (Å²) < 4.78 is 63.1. The van der Waals surface area contributed by atoms with Crippen molar-refractivity contribution >= 4 is 15.9 Å². The highest BCUT2D eigenvalue weighted by molar-refractivity contribution is 7.89. The van der Waals surface area contributed by atoms with Gasteiger partial charge in [0.1, 0.15) is 23.8 Å². The van der Waals surface area contributed by atoms with Crippen molar-refractivity contribution in [3.8, 4) is 5.75 Å². The molecule has 36 heavy (non-hydrogen) atoms. The van der Waals surface area contributed by atoms with Gasteiger partial charge in [0.05, 0.1) is 37.6 Å². The van der Waals surface area contributed by atoms with Crippen LogP contribution in [0, 0.1) is 0 Å². The molecule has 4 rings (SSSR count). The standard InChI is InChI=1S/C22H25F2N5O6S/c1-34-6-7-35-20-5-3-2-4-17(20)18(14-30)22(31)27-9-15-10-29(26-19(15)12-27)36(32,33)16-8-25-28(11-16)13-21(23)24/h2-5,8,10-11,18,21,30H,6-7,9,12-14H2,1H3/t18-/m0/s1. The van der Waals surface area contributed by atoms with Crippen molar-refractivity contribution in [1.29, 1.82) is 0 Å². The molecule has 0 radical (unpaired) electrons. The number of ether oxygens (including phenoxy) is 2. The van der Waals surface area contributed by atoms with Crippen molar-refractivity contribution in [3.05, 3.63) is 59.7 Å². The number of benzene rings is 1. The summed E-state index contributed by atoms with van der Waals surface area (Å²) in [6.07, 6.45) is 0.614. The molecule has 0 aliphatic carbocycles. The Balaban J connectivity index is 1.49. The monoisotopic (exact) mass is 525 g/mol. The summed E-state index contributed by atoms with van der Waals surface area (Å²) in [5.74, 6) is -0.784. The maximum atomic E-state index is 13.3. The normalized spacial score (nSPS) is 14.3. The van der Waals surface area contributed by atoms with E-state index in [1.54, 1.807) is 31.4 Å². The molecule has 1 aliphatic heterocycles. The number of alkyl halides is 2. The van der Waals surface area contributed by atoms with Gasteiger partial charge in [-0.1, -0.05) is 18.2 Å². The summed E-state index contributed by atoms with van der Waals surface area (Å²) in [6.45, 7) is -0.400. The molecule has 0 spiro atoms. The number of fused-ring (bicyclic) bond motifs is 1. The van der Waals surface area contributed by atoms with Gasteiger partial charge >= 0.3 is 0 Å². The minimum absolute atomic E-state index is 0.0462. The third kappa shape index (κ3) is 5.24. The molecule has 1 aliphatic rings. The SMILES string of the molecule is COCCOc1ccccc1[C@H](CO)C(=O)N1Cc2cn(S(=O)(=O)c3cnn(CC(F)F)c3)nc2C1. The van der Waals surface area contributed by atoms with E-state index in [-0.39, 0.29) is 30.5 Å². The molecule has 3 aromatic rings. The van der Waals surface area contributed by atoms with Gasteiger partial charge in [-0.25, -0.2) is 8.78 Å². The highest BCUT2D eigenvalue weighted by Crippen LogP contribution is 2.31. The number of carbonyl (C=O) groups is 1. The lowest BCUT2D eigenvalue weighted by Crippen LogP contribution is -2.33. The number of carbonyl (C=O) groups excluding carboxylic acids is 1. The first-order valence-corrected chi connectivity index (χ1v) is 12.4. The lowest BCUT2D eigenvalue weighted by atomic mass is 9.97. The Kier molecular flexibility index (Phi) is 7.66. The lowest BCUT2D eigenvalue weighted by Gasteiger charge is -2.24. The van der Waals surface area contributed by atoms with E-state index >= 15 is 0 Å². The Morgan fingerprint density at radius 2 is 1.97 bits per heavy atom. The summed E-state index contributed by atoms with van der Waals surface area (Å²) in [5, 5.41) is 17.8. The van der Waals surface area contributed by atoms with Crippen LogP contribution in [0.15, 0.2) is 47.8 Å². The quantitative estimate of drug-likeness (QED) is 0.370. The van der Waals surface area contributed by atoms with Crippen molar-refractivity contribution in [2.24, 2.45) is 0 Å². The number of nitrogens with zero attached hydrogens (tertiary/aromatic N) is 5. The van der Waals surface area contributed by atoms with E-state index in [0.717, 1.165) is 21.2 Å². The summed E-state index contributed by atoms with van der Waals surface area (Å²) in [4.78, 5) is 14.5. The largest absolute Gasteiger partial charge is 0.491 e. The topological polar surface area (TPSA) is 129 Å². The van der Waals surface area contributed by atoms with Gasteiger partial charge in [-0.2, -0.15) is 22.7 Å². The molecule has 1 N–H and O–H groups in total. The second-order valence-electron chi connectivity index (χ2n) is 8.08. The number of aliphatic hydroxyl groups is 1. The molecule has 3 heterocycles. The van der Waals surface area contributed by atoms with Crippen LogP contribution in [0.25, 0.3) is 0 Å². The fourth-order valence-corrected chi connectivity index (χ4v) is 5.02. The van der Waals surface area contributed by atoms with Crippen LogP contribution in [0.1, 0.15) is 22.7 Å². The number of halogens is 2. The number of para-hydroxylation sites is 1. The Bertz CT molecular complexity index is 1300. The number of amides is 1. The molecule has 1 atom stereocenters. The van der Waals surface area contributed by atoms with Crippen molar-refractivity contribution < 1.29 is 36.6 Å². The van der Waals surface area contributed by atoms with Crippen molar-refractivity contribution in [2.45, 2.75) is 36.9 Å². The first-order chi connectivity index (χ1) is 17.2. The molecule has 0 saturated heterocycles. The van der Waals surface area contributed by atoms with E-state index in [4.69, 9.17) is 9.47 Å². The van der Waals surface area contributed by atoms with E-state index in [9.17, 15) is 27.1 Å². The minimum Gasteiger partial charge on any atom is -0.491 e. The summed E-state index contributed by atoms with van der Waals surface area (Å²) in [6, 6.07) is 6.91. The van der Waals surface area contributed by atoms with Crippen LogP contribution in [-0.4, -0.2) is 76.7 Å². The highest BCUT2D eigenvalue weighted by atomic mass is 32.2. The van der Waals surface area contributed by atoms with Crippen LogP contribution in [-0.2, 0) is 39.2 Å². The van der Waals surface area contributed by atoms with Gasteiger partial charge in [-0.05, 0) is 6.07 Å². The van der Waals surface area contributed by atoms with Crippen molar-refractivity contribution in [3.63, 3.8) is 0 Å². The summed E-state index contributed by atoms with van der Waals surface area (Å²) >= 11 is 0. The van der Waals surface area contributed by atoms with Gasteiger partial charge < -0.3 is 19.5 Å². The van der Waals surface area contributed by atoms with Gasteiger partial charge in [-0.15, -0.1) is 0 Å². The van der Waals surface area contributed by atoms with Gasteiger partial charge in [-0.3, -0.25) is 9.48 Å². The maximum Gasteiger partial charge on any atom is 0.286 e. The average molecular weight is 526 g/mol. The molecule has 194 valence electrons. The number of aromatic nitrogens is 4. The Morgan fingerprint density at radius 3 is 2.67 bits per heavy atom. The van der Waals surface area contributed by atoms with Crippen molar-refractivity contribution in [2.75, 3.05) is 26.9 Å². The molecule has 1 amide bonds. The zero-order valence-electron chi connectivity index (χ0n) is 19.3. The number of hydrogen-bond acceptors (Lipinski definition) is 8. The third-order valence-corrected chi connectivity index (χ3v) is 7.15. The first kappa shape index (κ1) is 25.7. The smallest absolute Gasteiger partial charge is 0.286 e. The molecular weight excluding hydrogens is 500 g/mol. The second kappa shape index (κ2) is 10.7. The molecule has 11 nitrogen and oxygen atoms in total. The van der Waals surface area contributed by atoms with Crippen LogP contribution in [0.3, 0.4) is 0 Å². The van der Waals surface area contributed by atoms with Gasteiger partial charge in [0.15, 0.2) is 0 Å². The average Bonchev–Trinajstić information content (AvgIpc) is 3.56. The van der Waals surface area contributed by atoms with Crippen LogP contribution >= 0.6 is 0 Å². The summed E-state index contributed by atoms with van der Waals surface area (Å²) in [5.41, 5.74) is 1.43. The molecular formula is C22H25F2N5O6S. The summed E-state index contributed by atoms with van der Waals surface area (Å²) in [7, 11) is -2.60. The zero-order valence-corrected chi connectivity index (χ0v) is 20.1. The second-order valence-corrected chi connectivity index (χ2v) is 9.87. The molecule has 0 saturated carbocycles. The maximum absolute atomic E-state index is 13.3. The van der Waals surface area contributed by atoms with E-state index in [1.165, 1.54) is 11.1 Å². The van der Waals surface area contributed by atoms with Crippen molar-refractivity contribution in [1.82, 2.24) is 23.9 Å². The lowest BCUT2D eigenvalue weighted by molar-refractivity contribution is -0.134. The zero-order chi connectivity index (χ0) is 25.9. The van der Waals surface area contributed by atoms with E-state index in [2.05, 4.69) is 10.2 Å². The van der Waals surface area contributed by atoms with Gasteiger partial charge in [0.2, 0.25) is 5.91 Å². The van der Waals surface area contributed by atoms with E-state index in [0.29, 0.717) is 29.2 Å². The predicted molar refractivity (Wildman–Crippen MR) is 121 cm³/mol. The molecule has 0 bridgehead atoms. The number of aliphatic hydroxyl groups excluding tert-OH is 1. The Labute approximate surface area is 205 Å². The number of rotatable bonds is 11. The Hall–Kier alpha value is -3.36. The molecule has 0 fully saturated rings. The van der Waals surface area contributed by atoms with Crippen LogP contribution in [0.5, 0.6) is 5.75 Å². The van der Waals surface area contributed by atoms with E-state index in [1.807, 2.05) is 0 Å². The predicted octanol–water partition coefficient (Wildman–Crippen LogP) is 1.23. The molecule has 1 aromatic carbocycles. The Morgan fingerprint density at radius 1 is 1.19 bits per heavy atom.